The minimum Gasteiger partial charge on any atom is -0.382 e. The topological polar surface area (TPSA) is 29.9 Å². The van der Waals surface area contributed by atoms with Crippen LogP contribution in [0.5, 0.6) is 0 Å². The molecule has 0 bridgehead atoms. The molecule has 1 N–H and O–H groups in total. The molecule has 0 fully saturated rings. The molecular weight excluding hydrogens is 266 g/mol. The van der Waals surface area contributed by atoms with Gasteiger partial charge in [0.15, 0.2) is 0 Å². The van der Waals surface area contributed by atoms with Crippen LogP contribution in [0.25, 0.3) is 5.69 Å². The molecule has 0 spiro atoms. The van der Waals surface area contributed by atoms with E-state index in [0.29, 0.717) is 0 Å². The summed E-state index contributed by atoms with van der Waals surface area (Å²) in [4.78, 5) is 0. The average Bonchev–Trinajstić information content (AvgIpc) is 2.74. The summed E-state index contributed by atoms with van der Waals surface area (Å²) in [6.45, 7) is 1.05. The van der Waals surface area contributed by atoms with Crippen molar-refractivity contribution in [1.29, 1.82) is 0 Å². The molecule has 1 aromatic carbocycles. The predicted molar refractivity (Wildman–Crippen MR) is 68.1 cm³/mol. The van der Waals surface area contributed by atoms with Crippen molar-refractivity contribution in [1.82, 2.24) is 9.78 Å². The zero-order valence-corrected chi connectivity index (χ0v) is 10.4. The summed E-state index contributed by atoms with van der Waals surface area (Å²) in [5.41, 5.74) is 3.55. The summed E-state index contributed by atoms with van der Waals surface area (Å²) in [7, 11) is 0. The van der Waals surface area contributed by atoms with Gasteiger partial charge in [-0.2, -0.15) is 5.10 Å². The summed E-state index contributed by atoms with van der Waals surface area (Å²) in [6, 6.07) is 8.16. The Morgan fingerprint density at radius 3 is 3.06 bits per heavy atom. The number of benzene rings is 1. The average molecular weight is 278 g/mol. The molecule has 0 saturated heterocycles. The Morgan fingerprint density at radius 2 is 2.19 bits per heavy atom. The summed E-state index contributed by atoms with van der Waals surface area (Å²) in [5.74, 6) is 0. The summed E-state index contributed by atoms with van der Waals surface area (Å²) in [6.07, 6.45) is 4.17. The number of nitrogens with zero attached hydrogens (tertiary/aromatic N) is 2. The van der Waals surface area contributed by atoms with Crippen LogP contribution < -0.4 is 5.32 Å². The molecule has 16 heavy (non-hydrogen) atoms. The lowest BCUT2D eigenvalue weighted by Gasteiger charge is -2.16. The van der Waals surface area contributed by atoms with E-state index in [1.54, 1.807) is 0 Å². The number of para-hydroxylation sites is 1. The van der Waals surface area contributed by atoms with Crippen LogP contribution in [0.15, 0.2) is 34.9 Å². The molecule has 1 aromatic heterocycles. The lowest BCUT2D eigenvalue weighted by Crippen LogP contribution is -2.13. The van der Waals surface area contributed by atoms with Crippen LogP contribution in [-0.2, 0) is 6.42 Å². The van der Waals surface area contributed by atoms with Gasteiger partial charge in [0.2, 0.25) is 0 Å². The molecule has 0 atom stereocenters. The van der Waals surface area contributed by atoms with Crippen molar-refractivity contribution < 1.29 is 0 Å². The second-order valence-electron chi connectivity index (χ2n) is 3.90. The third-order valence-corrected chi connectivity index (χ3v) is 3.53. The summed E-state index contributed by atoms with van der Waals surface area (Å²) >= 11 is 3.56. The van der Waals surface area contributed by atoms with E-state index < -0.39 is 0 Å². The van der Waals surface area contributed by atoms with Crippen molar-refractivity contribution >= 4 is 21.6 Å². The second-order valence-corrected chi connectivity index (χ2v) is 4.75. The van der Waals surface area contributed by atoms with Crippen molar-refractivity contribution in [2.75, 3.05) is 11.9 Å². The highest BCUT2D eigenvalue weighted by atomic mass is 79.9. The van der Waals surface area contributed by atoms with Gasteiger partial charge in [-0.15, -0.1) is 0 Å². The Labute approximate surface area is 103 Å². The lowest BCUT2D eigenvalue weighted by atomic mass is 10.1. The number of hydrogen-bond acceptors (Lipinski definition) is 2. The Kier molecular flexibility index (Phi) is 2.44. The van der Waals surface area contributed by atoms with E-state index in [2.05, 4.69) is 32.4 Å². The zero-order valence-electron chi connectivity index (χ0n) is 8.78. The van der Waals surface area contributed by atoms with Crippen molar-refractivity contribution in [3.8, 4) is 5.69 Å². The SMILES string of the molecule is Brc1ccccc1-n1ncc2c1CCCN2. The fraction of sp³-hybridized carbons (Fsp3) is 0.250. The van der Waals surface area contributed by atoms with E-state index in [0.717, 1.165) is 23.1 Å². The molecule has 0 radical (unpaired) electrons. The molecule has 3 nitrogen and oxygen atoms in total. The molecule has 0 unspecified atom stereocenters. The quantitative estimate of drug-likeness (QED) is 0.869. The molecule has 4 heteroatoms. The Hall–Kier alpha value is -1.29. The summed E-state index contributed by atoms with van der Waals surface area (Å²) < 4.78 is 3.09. The highest BCUT2D eigenvalue weighted by Gasteiger charge is 2.16. The minimum atomic E-state index is 1.05. The molecule has 2 heterocycles. The van der Waals surface area contributed by atoms with Crippen molar-refractivity contribution in [2.45, 2.75) is 12.8 Å². The first-order chi connectivity index (χ1) is 7.86. The molecule has 82 valence electrons. The summed E-state index contributed by atoms with van der Waals surface area (Å²) in [5, 5.41) is 7.83. The number of fused-ring (bicyclic) bond motifs is 1. The van der Waals surface area contributed by atoms with Gasteiger partial charge in [-0.1, -0.05) is 12.1 Å². The first-order valence-corrected chi connectivity index (χ1v) is 6.21. The number of rotatable bonds is 1. The Morgan fingerprint density at radius 1 is 1.31 bits per heavy atom. The van der Waals surface area contributed by atoms with Crippen LogP contribution in [0.3, 0.4) is 0 Å². The van der Waals surface area contributed by atoms with E-state index in [9.17, 15) is 0 Å². The van der Waals surface area contributed by atoms with Crippen molar-refractivity contribution in [3.05, 3.63) is 40.6 Å². The normalized spacial score (nSPS) is 14.3. The molecule has 3 rings (SSSR count). The van der Waals surface area contributed by atoms with Gasteiger partial charge >= 0.3 is 0 Å². The van der Waals surface area contributed by atoms with Crippen LogP contribution >= 0.6 is 15.9 Å². The van der Waals surface area contributed by atoms with E-state index in [1.807, 2.05) is 29.1 Å². The Bertz CT molecular complexity index is 519. The maximum absolute atomic E-state index is 4.45. The van der Waals surface area contributed by atoms with E-state index in [1.165, 1.54) is 17.8 Å². The van der Waals surface area contributed by atoms with Crippen LogP contribution in [0.1, 0.15) is 12.1 Å². The van der Waals surface area contributed by atoms with Crippen molar-refractivity contribution in [2.24, 2.45) is 0 Å². The number of halogens is 1. The molecule has 1 aliphatic heterocycles. The van der Waals surface area contributed by atoms with Crippen LogP contribution in [-0.4, -0.2) is 16.3 Å². The highest BCUT2D eigenvalue weighted by molar-refractivity contribution is 9.10. The van der Waals surface area contributed by atoms with Gasteiger partial charge in [0.25, 0.3) is 0 Å². The van der Waals surface area contributed by atoms with Gasteiger partial charge in [-0.3, -0.25) is 0 Å². The third kappa shape index (κ3) is 1.53. The second kappa shape index (κ2) is 3.94. The van der Waals surface area contributed by atoms with E-state index >= 15 is 0 Å². The first kappa shape index (κ1) is 9.90. The Balaban J connectivity index is 2.13. The smallest absolute Gasteiger partial charge is 0.0791 e. The van der Waals surface area contributed by atoms with Crippen LogP contribution in [0.2, 0.25) is 0 Å². The molecule has 0 saturated carbocycles. The largest absolute Gasteiger partial charge is 0.382 e. The van der Waals surface area contributed by atoms with E-state index in [-0.39, 0.29) is 0 Å². The number of aromatic nitrogens is 2. The molecule has 1 aliphatic rings. The lowest BCUT2D eigenvalue weighted by molar-refractivity contribution is 0.742. The van der Waals surface area contributed by atoms with Gasteiger partial charge < -0.3 is 5.32 Å². The molecule has 0 amide bonds. The fourth-order valence-electron chi connectivity index (χ4n) is 2.07. The molecule has 0 aliphatic carbocycles. The molecule has 2 aromatic rings. The maximum atomic E-state index is 4.45. The number of anilines is 1. The highest BCUT2D eigenvalue weighted by Crippen LogP contribution is 2.27. The fourth-order valence-corrected chi connectivity index (χ4v) is 2.52. The van der Waals surface area contributed by atoms with Gasteiger partial charge in [-0.05, 0) is 40.9 Å². The maximum Gasteiger partial charge on any atom is 0.0791 e. The van der Waals surface area contributed by atoms with Crippen LogP contribution in [0, 0.1) is 0 Å². The zero-order chi connectivity index (χ0) is 11.0. The third-order valence-electron chi connectivity index (χ3n) is 2.86. The van der Waals surface area contributed by atoms with Crippen LogP contribution in [0.4, 0.5) is 5.69 Å². The number of hydrogen-bond donors (Lipinski definition) is 1. The molecular formula is C12H12BrN3. The predicted octanol–water partition coefficient (Wildman–Crippen LogP) is 2.99. The standard InChI is InChI=1S/C12H12BrN3/c13-9-4-1-2-5-11(9)16-12-6-3-7-14-10(12)8-15-16/h1-2,4-5,8,14H,3,6-7H2. The van der Waals surface area contributed by atoms with Gasteiger partial charge in [0.1, 0.15) is 0 Å². The minimum absolute atomic E-state index is 1.05. The van der Waals surface area contributed by atoms with Gasteiger partial charge in [0.05, 0.1) is 23.3 Å². The van der Waals surface area contributed by atoms with Gasteiger partial charge in [-0.25, -0.2) is 4.68 Å². The monoisotopic (exact) mass is 277 g/mol. The van der Waals surface area contributed by atoms with Gasteiger partial charge in [0, 0.05) is 11.0 Å². The van der Waals surface area contributed by atoms with Crippen molar-refractivity contribution in [3.63, 3.8) is 0 Å². The van der Waals surface area contributed by atoms with E-state index in [4.69, 9.17) is 0 Å². The first-order valence-electron chi connectivity index (χ1n) is 5.42. The number of nitrogens with one attached hydrogen (secondary N) is 1.